The summed E-state index contributed by atoms with van der Waals surface area (Å²) in [5, 5.41) is 10.2. The average molecular weight is 186 g/mol. The van der Waals surface area contributed by atoms with E-state index in [1.165, 1.54) is 0 Å². The minimum atomic E-state index is -1.02. The van der Waals surface area contributed by atoms with Crippen molar-refractivity contribution in [2.75, 3.05) is 0 Å². The zero-order valence-electron chi connectivity index (χ0n) is 8.59. The second kappa shape index (κ2) is 2.47. The molecule has 0 aromatic heterocycles. The van der Waals surface area contributed by atoms with Gasteiger partial charge < -0.3 is 5.11 Å². The molecule has 0 aromatic carbocycles. The van der Waals surface area contributed by atoms with E-state index in [1.807, 2.05) is 0 Å². The Morgan fingerprint density at radius 3 is 2.00 bits per heavy atom. The van der Waals surface area contributed by atoms with E-state index >= 15 is 0 Å². The van der Waals surface area contributed by atoms with Crippen LogP contribution in [-0.2, 0) is 9.78 Å². The van der Waals surface area contributed by atoms with Crippen LogP contribution in [0.2, 0.25) is 0 Å². The van der Waals surface area contributed by atoms with Crippen LogP contribution in [0, 0.1) is 5.41 Å². The maximum atomic E-state index is 10.2. The molecule has 1 aliphatic heterocycles. The fourth-order valence-electron chi connectivity index (χ4n) is 2.54. The smallest absolute Gasteiger partial charge is 0.232 e. The Balaban J connectivity index is 2.30. The molecule has 13 heavy (non-hydrogen) atoms. The van der Waals surface area contributed by atoms with Crippen LogP contribution in [0.1, 0.15) is 46.5 Å². The van der Waals surface area contributed by atoms with E-state index < -0.39 is 11.4 Å². The first-order chi connectivity index (χ1) is 5.91. The number of aliphatic hydroxyl groups is 1. The Morgan fingerprint density at radius 2 is 1.69 bits per heavy atom. The molecular weight excluding hydrogens is 168 g/mol. The second-order valence-electron chi connectivity index (χ2n) is 5.24. The molecule has 2 fully saturated rings. The van der Waals surface area contributed by atoms with Crippen LogP contribution in [0.3, 0.4) is 0 Å². The van der Waals surface area contributed by atoms with Gasteiger partial charge in [0.05, 0.1) is 0 Å². The lowest BCUT2D eigenvalue weighted by Crippen LogP contribution is -2.73. The minimum absolute atomic E-state index is 0.0690. The first kappa shape index (κ1) is 9.44. The van der Waals surface area contributed by atoms with Gasteiger partial charge in [0, 0.05) is 6.42 Å². The van der Waals surface area contributed by atoms with Gasteiger partial charge in [-0.15, -0.1) is 0 Å². The zero-order chi connectivity index (χ0) is 9.74. The van der Waals surface area contributed by atoms with Gasteiger partial charge in [0.25, 0.3) is 0 Å². The summed E-state index contributed by atoms with van der Waals surface area (Å²) in [6, 6.07) is 0. The van der Waals surface area contributed by atoms with Gasteiger partial charge >= 0.3 is 0 Å². The molecule has 2 unspecified atom stereocenters. The van der Waals surface area contributed by atoms with Gasteiger partial charge in [-0.05, 0) is 18.3 Å². The summed E-state index contributed by atoms with van der Waals surface area (Å²) in [5.74, 6) is -1.02. The van der Waals surface area contributed by atoms with Crippen LogP contribution in [0.4, 0.5) is 0 Å². The van der Waals surface area contributed by atoms with Crippen LogP contribution in [0.15, 0.2) is 0 Å². The molecule has 0 radical (unpaired) electrons. The molecule has 1 saturated heterocycles. The summed E-state index contributed by atoms with van der Waals surface area (Å²) in [6.07, 6.45) is 3.73. The Hall–Kier alpha value is -0.120. The van der Waals surface area contributed by atoms with Crippen molar-refractivity contribution in [3.05, 3.63) is 0 Å². The quantitative estimate of drug-likeness (QED) is 0.588. The molecule has 76 valence electrons. The monoisotopic (exact) mass is 186 g/mol. The fourth-order valence-corrected chi connectivity index (χ4v) is 2.54. The van der Waals surface area contributed by atoms with Crippen molar-refractivity contribution in [1.29, 1.82) is 0 Å². The van der Waals surface area contributed by atoms with E-state index in [9.17, 15) is 5.11 Å². The highest BCUT2D eigenvalue weighted by molar-refractivity contribution is 5.07. The molecule has 1 N–H and O–H groups in total. The van der Waals surface area contributed by atoms with Gasteiger partial charge in [0.1, 0.15) is 0 Å². The molecule has 0 bridgehead atoms. The van der Waals surface area contributed by atoms with Gasteiger partial charge in [-0.2, -0.15) is 4.89 Å². The second-order valence-corrected chi connectivity index (χ2v) is 5.24. The summed E-state index contributed by atoms with van der Waals surface area (Å²) in [5.41, 5.74) is -0.543. The molecule has 1 aliphatic carbocycles. The summed E-state index contributed by atoms with van der Waals surface area (Å²) in [6.45, 7) is 6.27. The molecule has 3 heteroatoms. The third-order valence-electron chi connectivity index (χ3n) is 3.46. The van der Waals surface area contributed by atoms with Crippen molar-refractivity contribution in [2.45, 2.75) is 57.8 Å². The molecule has 0 amide bonds. The van der Waals surface area contributed by atoms with E-state index in [0.717, 1.165) is 19.3 Å². The molecular formula is C10H18O3. The maximum Gasteiger partial charge on any atom is 0.232 e. The SMILES string of the molecule is CC(C)(C)C12CCCCC1(O)OO2. The van der Waals surface area contributed by atoms with E-state index in [2.05, 4.69) is 20.8 Å². The number of hydrogen-bond donors (Lipinski definition) is 1. The van der Waals surface area contributed by atoms with E-state index in [4.69, 9.17) is 9.78 Å². The van der Waals surface area contributed by atoms with Crippen molar-refractivity contribution in [3.63, 3.8) is 0 Å². The predicted octanol–water partition coefficient (Wildman–Crippen LogP) is 2.00. The number of fused-ring (bicyclic) bond motifs is 1. The summed E-state index contributed by atoms with van der Waals surface area (Å²) in [4.78, 5) is 10.1. The van der Waals surface area contributed by atoms with Crippen molar-refractivity contribution < 1.29 is 14.9 Å². The van der Waals surface area contributed by atoms with Gasteiger partial charge in [-0.1, -0.05) is 27.2 Å². The standard InChI is InChI=1S/C10H18O3/c1-8(2,3)9-6-4-5-7-10(9,11)13-12-9/h11H,4-7H2,1-3H3. The Labute approximate surface area is 79.0 Å². The molecule has 3 nitrogen and oxygen atoms in total. The van der Waals surface area contributed by atoms with Gasteiger partial charge in [-0.25, -0.2) is 4.89 Å². The lowest BCUT2D eigenvalue weighted by Gasteiger charge is -2.61. The van der Waals surface area contributed by atoms with Gasteiger partial charge in [0.2, 0.25) is 5.79 Å². The van der Waals surface area contributed by atoms with E-state index in [1.54, 1.807) is 0 Å². The van der Waals surface area contributed by atoms with Crippen LogP contribution >= 0.6 is 0 Å². The lowest BCUT2D eigenvalue weighted by atomic mass is 9.63. The van der Waals surface area contributed by atoms with E-state index in [0.29, 0.717) is 6.42 Å². The van der Waals surface area contributed by atoms with Crippen molar-refractivity contribution in [2.24, 2.45) is 5.41 Å². The molecule has 0 aromatic rings. The third-order valence-corrected chi connectivity index (χ3v) is 3.46. The molecule has 2 aliphatic rings. The molecule has 0 spiro atoms. The number of hydrogen-bond acceptors (Lipinski definition) is 3. The van der Waals surface area contributed by atoms with Crippen LogP contribution in [-0.4, -0.2) is 16.5 Å². The summed E-state index contributed by atoms with van der Waals surface area (Å²) in [7, 11) is 0. The van der Waals surface area contributed by atoms with Gasteiger partial charge in [0.15, 0.2) is 5.60 Å². The highest BCUT2D eigenvalue weighted by Gasteiger charge is 2.69. The molecule has 2 rings (SSSR count). The Morgan fingerprint density at radius 1 is 1.08 bits per heavy atom. The first-order valence-electron chi connectivity index (χ1n) is 5.01. The Bertz CT molecular complexity index is 221. The average Bonchev–Trinajstić information content (AvgIpc) is 1.97. The lowest BCUT2D eigenvalue weighted by molar-refractivity contribution is -0.628. The van der Waals surface area contributed by atoms with Crippen molar-refractivity contribution in [1.82, 2.24) is 0 Å². The first-order valence-corrected chi connectivity index (χ1v) is 5.01. The Kier molecular flexibility index (Phi) is 1.79. The van der Waals surface area contributed by atoms with E-state index in [-0.39, 0.29) is 5.41 Å². The predicted molar refractivity (Wildman–Crippen MR) is 47.8 cm³/mol. The minimum Gasteiger partial charge on any atom is -0.361 e. The van der Waals surface area contributed by atoms with Gasteiger partial charge in [-0.3, -0.25) is 0 Å². The maximum absolute atomic E-state index is 10.2. The normalized spacial score (nSPS) is 45.2. The van der Waals surface area contributed by atoms with Crippen molar-refractivity contribution in [3.8, 4) is 0 Å². The number of rotatable bonds is 0. The van der Waals surface area contributed by atoms with Crippen LogP contribution in [0.5, 0.6) is 0 Å². The fraction of sp³-hybridized carbons (Fsp3) is 1.00. The highest BCUT2D eigenvalue weighted by Crippen LogP contribution is 2.57. The summed E-state index contributed by atoms with van der Waals surface area (Å²) >= 11 is 0. The van der Waals surface area contributed by atoms with Crippen LogP contribution in [0.25, 0.3) is 0 Å². The zero-order valence-corrected chi connectivity index (χ0v) is 8.59. The summed E-state index contributed by atoms with van der Waals surface area (Å²) < 4.78 is 0. The largest absolute Gasteiger partial charge is 0.361 e. The third kappa shape index (κ3) is 1.01. The topological polar surface area (TPSA) is 38.7 Å². The van der Waals surface area contributed by atoms with Crippen molar-refractivity contribution >= 4 is 0 Å². The highest BCUT2D eigenvalue weighted by atomic mass is 17.3. The molecule has 1 heterocycles. The molecule has 2 atom stereocenters. The van der Waals surface area contributed by atoms with Crippen LogP contribution < -0.4 is 0 Å². The molecule has 1 saturated carbocycles.